The third-order valence-corrected chi connectivity index (χ3v) is 4.93. The summed E-state index contributed by atoms with van der Waals surface area (Å²) in [5, 5.41) is 1.05. The van der Waals surface area contributed by atoms with Crippen molar-refractivity contribution in [2.24, 2.45) is 5.73 Å². The molecule has 7 nitrogen and oxygen atoms in total. The normalized spacial score (nSPS) is 15.0. The first-order chi connectivity index (χ1) is 12.9. The average Bonchev–Trinajstić information content (AvgIpc) is 2.96. The Morgan fingerprint density at radius 2 is 1.70 bits per heavy atom. The predicted octanol–water partition coefficient (Wildman–Crippen LogP) is 1.51. The topological polar surface area (TPSA) is 88.6 Å². The second-order valence-corrected chi connectivity index (χ2v) is 6.50. The lowest BCUT2D eigenvalue weighted by Gasteiger charge is -2.35. The van der Waals surface area contributed by atoms with Gasteiger partial charge in [0.05, 0.1) is 0 Å². The molecule has 1 fully saturated rings. The molecule has 3 rings (SSSR count). The number of hydrogen-bond donors (Lipinski definition) is 1. The summed E-state index contributed by atoms with van der Waals surface area (Å²) in [7, 11) is 0. The van der Waals surface area contributed by atoms with Gasteiger partial charge in [-0.05, 0) is 38.2 Å². The van der Waals surface area contributed by atoms with Gasteiger partial charge in [0.25, 0.3) is 11.8 Å². The van der Waals surface area contributed by atoms with Crippen LogP contribution in [0.5, 0.6) is 0 Å². The van der Waals surface area contributed by atoms with Crippen molar-refractivity contribution in [2.75, 3.05) is 13.1 Å². The van der Waals surface area contributed by atoms with E-state index in [4.69, 9.17) is 18.0 Å². The summed E-state index contributed by atoms with van der Waals surface area (Å²) in [5.41, 5.74) is 6.85. The number of aromatic nitrogens is 1. The number of benzene rings is 1. The second-order valence-electron chi connectivity index (χ2n) is 6.14. The molecule has 0 spiro atoms. The number of carbonyl (C=O) groups is 3. The molecule has 8 heteroatoms. The van der Waals surface area contributed by atoms with E-state index in [2.05, 4.69) is 0 Å². The minimum Gasteiger partial charge on any atom is -0.368 e. The van der Waals surface area contributed by atoms with Crippen molar-refractivity contribution in [1.82, 2.24) is 14.4 Å². The van der Waals surface area contributed by atoms with E-state index >= 15 is 0 Å². The van der Waals surface area contributed by atoms with Gasteiger partial charge in [-0.3, -0.25) is 24.2 Å². The Balaban J connectivity index is 2.15. The first-order valence-electron chi connectivity index (χ1n) is 8.64. The molecule has 0 radical (unpaired) electrons. The molecule has 2 N–H and O–H groups in total. The molecule has 2 aromatic rings. The predicted molar refractivity (Wildman–Crippen MR) is 106 cm³/mol. The molecule has 0 aliphatic carbocycles. The Bertz CT molecular complexity index is 964. The number of likely N-dealkylation sites (N-methyl/N-ethyl adjacent to an activating group) is 2. The van der Waals surface area contributed by atoms with Crippen molar-refractivity contribution in [1.29, 1.82) is 0 Å². The fraction of sp³-hybridized carbons (Fsp3) is 0.263. The van der Waals surface area contributed by atoms with E-state index in [1.54, 1.807) is 16.8 Å². The van der Waals surface area contributed by atoms with Crippen LogP contribution in [-0.2, 0) is 20.9 Å². The molecule has 1 aromatic heterocycles. The van der Waals surface area contributed by atoms with E-state index in [9.17, 15) is 14.4 Å². The van der Waals surface area contributed by atoms with Crippen molar-refractivity contribution in [3.8, 4) is 0 Å². The summed E-state index contributed by atoms with van der Waals surface area (Å²) in [4.78, 5) is 39.8. The Labute approximate surface area is 162 Å². The molecule has 27 heavy (non-hydrogen) atoms. The number of rotatable bonds is 5. The van der Waals surface area contributed by atoms with E-state index in [1.165, 1.54) is 9.80 Å². The minimum absolute atomic E-state index is 0.0117. The number of nitrogens with zero attached hydrogens (tertiary/aromatic N) is 3. The smallest absolute Gasteiger partial charge is 0.265 e. The van der Waals surface area contributed by atoms with Crippen LogP contribution in [-0.4, -0.2) is 50.3 Å². The molecule has 1 saturated heterocycles. The van der Waals surface area contributed by atoms with Gasteiger partial charge in [0.2, 0.25) is 5.91 Å². The Morgan fingerprint density at radius 3 is 2.26 bits per heavy atom. The van der Waals surface area contributed by atoms with Crippen molar-refractivity contribution in [3.63, 3.8) is 0 Å². The first kappa shape index (κ1) is 18.8. The fourth-order valence-electron chi connectivity index (χ4n) is 3.23. The van der Waals surface area contributed by atoms with Crippen LogP contribution in [0.15, 0.2) is 36.0 Å². The van der Waals surface area contributed by atoms with Gasteiger partial charge in [-0.25, -0.2) is 0 Å². The zero-order valence-electron chi connectivity index (χ0n) is 15.1. The van der Waals surface area contributed by atoms with E-state index in [0.717, 1.165) is 10.9 Å². The standard InChI is InChI=1S/C19H20N4O3S/c1-3-22-17(25)14(18(26)23(4-2)19(22)27)9-12-10-21(11-16(20)24)15-8-6-5-7-13(12)15/h5-10H,3-4,11H2,1-2H3,(H2,20,24). The van der Waals surface area contributed by atoms with Gasteiger partial charge in [0.15, 0.2) is 5.11 Å². The van der Waals surface area contributed by atoms with E-state index in [0.29, 0.717) is 18.7 Å². The molecule has 0 saturated carbocycles. The summed E-state index contributed by atoms with van der Waals surface area (Å²) in [6, 6.07) is 7.44. The number of amides is 3. The number of thiocarbonyl (C=S) groups is 1. The number of fused-ring (bicyclic) bond motifs is 1. The average molecular weight is 384 g/mol. The number of carbonyl (C=O) groups excluding carboxylic acids is 3. The maximum atomic E-state index is 12.8. The zero-order valence-corrected chi connectivity index (χ0v) is 16.0. The molecular formula is C19H20N4O3S. The molecule has 1 aliphatic heterocycles. The lowest BCUT2D eigenvalue weighted by atomic mass is 10.1. The van der Waals surface area contributed by atoms with E-state index in [1.807, 2.05) is 38.1 Å². The number of primary amides is 1. The van der Waals surface area contributed by atoms with Crippen LogP contribution in [0, 0.1) is 0 Å². The van der Waals surface area contributed by atoms with Gasteiger partial charge >= 0.3 is 0 Å². The van der Waals surface area contributed by atoms with Crippen LogP contribution in [0.1, 0.15) is 19.4 Å². The van der Waals surface area contributed by atoms with E-state index < -0.39 is 17.7 Å². The Kier molecular flexibility index (Phi) is 5.09. The van der Waals surface area contributed by atoms with Crippen LogP contribution < -0.4 is 5.73 Å². The van der Waals surface area contributed by atoms with Crippen molar-refractivity contribution in [3.05, 3.63) is 41.6 Å². The molecule has 0 bridgehead atoms. The molecule has 0 unspecified atom stereocenters. The second kappa shape index (κ2) is 7.32. The molecular weight excluding hydrogens is 364 g/mol. The Morgan fingerprint density at radius 1 is 1.11 bits per heavy atom. The zero-order chi connectivity index (χ0) is 19.7. The monoisotopic (exact) mass is 384 g/mol. The summed E-state index contributed by atoms with van der Waals surface area (Å²) >= 11 is 5.27. The fourth-order valence-corrected chi connectivity index (χ4v) is 3.65. The Hall–Kier alpha value is -3.00. The largest absolute Gasteiger partial charge is 0.368 e. The summed E-state index contributed by atoms with van der Waals surface area (Å²) in [6.07, 6.45) is 3.29. The molecule has 3 amide bonds. The number of para-hydroxylation sites is 1. The first-order valence-corrected chi connectivity index (χ1v) is 9.05. The molecule has 0 atom stereocenters. The highest BCUT2D eigenvalue weighted by molar-refractivity contribution is 7.80. The van der Waals surface area contributed by atoms with Gasteiger partial charge in [0, 0.05) is 35.8 Å². The van der Waals surface area contributed by atoms with E-state index in [-0.39, 0.29) is 17.2 Å². The van der Waals surface area contributed by atoms with Crippen molar-refractivity contribution < 1.29 is 14.4 Å². The molecule has 2 heterocycles. The van der Waals surface area contributed by atoms with Crippen LogP contribution >= 0.6 is 12.2 Å². The van der Waals surface area contributed by atoms with Crippen LogP contribution in [0.3, 0.4) is 0 Å². The third-order valence-electron chi connectivity index (χ3n) is 4.49. The van der Waals surface area contributed by atoms with Crippen LogP contribution in [0.25, 0.3) is 17.0 Å². The quantitative estimate of drug-likeness (QED) is 0.481. The molecule has 1 aliphatic rings. The summed E-state index contributed by atoms with van der Waals surface area (Å²) in [6.45, 7) is 4.39. The lowest BCUT2D eigenvalue weighted by Crippen LogP contribution is -2.55. The SMILES string of the molecule is CCN1C(=O)C(=Cc2cn(CC(N)=O)c3ccccc23)C(=O)N(CC)C1=S. The van der Waals surface area contributed by atoms with Gasteiger partial charge < -0.3 is 10.3 Å². The lowest BCUT2D eigenvalue weighted by molar-refractivity contribution is -0.133. The number of nitrogens with two attached hydrogens (primary N) is 1. The molecule has 140 valence electrons. The van der Waals surface area contributed by atoms with Gasteiger partial charge in [-0.15, -0.1) is 0 Å². The van der Waals surface area contributed by atoms with Gasteiger partial charge in [-0.1, -0.05) is 18.2 Å². The minimum atomic E-state index is -0.473. The van der Waals surface area contributed by atoms with Crippen molar-refractivity contribution >= 4 is 52.0 Å². The summed E-state index contributed by atoms with van der Waals surface area (Å²) < 4.78 is 1.71. The van der Waals surface area contributed by atoms with Gasteiger partial charge in [-0.2, -0.15) is 0 Å². The molecule has 1 aromatic carbocycles. The van der Waals surface area contributed by atoms with Crippen LogP contribution in [0.2, 0.25) is 0 Å². The van der Waals surface area contributed by atoms with Crippen molar-refractivity contribution in [2.45, 2.75) is 20.4 Å². The summed E-state index contributed by atoms with van der Waals surface area (Å²) in [5.74, 6) is -1.30. The maximum Gasteiger partial charge on any atom is 0.265 e. The van der Waals surface area contributed by atoms with Crippen LogP contribution in [0.4, 0.5) is 0 Å². The highest BCUT2D eigenvalue weighted by Crippen LogP contribution is 2.26. The maximum absolute atomic E-state index is 12.8. The third kappa shape index (κ3) is 3.23. The van der Waals surface area contributed by atoms with Gasteiger partial charge in [0.1, 0.15) is 12.1 Å². The number of hydrogen-bond acceptors (Lipinski definition) is 4. The highest BCUT2D eigenvalue weighted by atomic mass is 32.1. The highest BCUT2D eigenvalue weighted by Gasteiger charge is 2.37.